The fourth-order valence-corrected chi connectivity index (χ4v) is 3.42. The van der Waals surface area contributed by atoms with Crippen molar-refractivity contribution < 1.29 is 0 Å². The standard InChI is InChI=1S/C26H38N2/c1-9-25(23(18-27)19(3)4)28-17-12-11-14-20(5)22-15-13-16-24(21(22)6)26(7,8)10-2/h11-16,18,27-28H,3,9-10,17H2,1-2,4-8H3/b12-11-,20-14+,25-23+,27-18?. The first-order valence-electron chi connectivity index (χ1n) is 10.3. The van der Waals surface area contributed by atoms with Gasteiger partial charge in [0.15, 0.2) is 0 Å². The van der Waals surface area contributed by atoms with Crippen LogP contribution >= 0.6 is 0 Å². The Balaban J connectivity index is 2.93. The van der Waals surface area contributed by atoms with Crippen LogP contribution in [-0.2, 0) is 5.41 Å². The number of hydrogen-bond donors (Lipinski definition) is 2. The van der Waals surface area contributed by atoms with E-state index in [-0.39, 0.29) is 5.41 Å². The quantitative estimate of drug-likeness (QED) is 0.330. The van der Waals surface area contributed by atoms with Gasteiger partial charge in [0, 0.05) is 24.0 Å². The van der Waals surface area contributed by atoms with Crippen molar-refractivity contribution in [1.29, 1.82) is 5.41 Å². The van der Waals surface area contributed by atoms with Crippen LogP contribution in [0.25, 0.3) is 5.57 Å². The van der Waals surface area contributed by atoms with Crippen molar-refractivity contribution in [3.63, 3.8) is 0 Å². The summed E-state index contributed by atoms with van der Waals surface area (Å²) in [6.07, 6.45) is 9.78. The number of nitrogens with one attached hydrogen (secondary N) is 2. The molecule has 0 aliphatic heterocycles. The average Bonchev–Trinajstić information content (AvgIpc) is 2.66. The number of rotatable bonds is 10. The molecule has 0 atom stereocenters. The van der Waals surface area contributed by atoms with Crippen LogP contribution in [0.15, 0.2) is 59.8 Å². The molecule has 28 heavy (non-hydrogen) atoms. The zero-order chi connectivity index (χ0) is 21.3. The minimum Gasteiger partial charge on any atom is -0.384 e. The van der Waals surface area contributed by atoms with Crippen LogP contribution in [0, 0.1) is 12.3 Å². The molecule has 0 spiro atoms. The van der Waals surface area contributed by atoms with Crippen LogP contribution in [0.4, 0.5) is 0 Å². The summed E-state index contributed by atoms with van der Waals surface area (Å²) < 4.78 is 0. The highest BCUT2D eigenvalue weighted by atomic mass is 14.9. The third-order valence-electron chi connectivity index (χ3n) is 5.57. The Hall–Kier alpha value is -2.35. The van der Waals surface area contributed by atoms with Crippen molar-refractivity contribution in [2.45, 2.75) is 66.7 Å². The van der Waals surface area contributed by atoms with Gasteiger partial charge in [-0.25, -0.2) is 0 Å². The lowest BCUT2D eigenvalue weighted by atomic mass is 9.78. The summed E-state index contributed by atoms with van der Waals surface area (Å²) in [5, 5.41) is 11.0. The van der Waals surface area contributed by atoms with Crippen LogP contribution in [0.2, 0.25) is 0 Å². The monoisotopic (exact) mass is 378 g/mol. The second kappa shape index (κ2) is 10.8. The lowest BCUT2D eigenvalue weighted by Crippen LogP contribution is -2.17. The second-order valence-corrected chi connectivity index (χ2v) is 8.04. The van der Waals surface area contributed by atoms with Crippen LogP contribution in [0.1, 0.15) is 71.1 Å². The topological polar surface area (TPSA) is 35.9 Å². The molecular formula is C26H38N2. The molecule has 0 saturated carbocycles. The van der Waals surface area contributed by atoms with Crippen molar-refractivity contribution in [2.75, 3.05) is 6.54 Å². The molecule has 0 amide bonds. The van der Waals surface area contributed by atoms with Crippen molar-refractivity contribution in [2.24, 2.45) is 0 Å². The van der Waals surface area contributed by atoms with E-state index in [4.69, 9.17) is 5.41 Å². The number of hydrogen-bond acceptors (Lipinski definition) is 2. The highest BCUT2D eigenvalue weighted by Gasteiger charge is 2.21. The molecule has 2 heteroatoms. The molecule has 0 aromatic heterocycles. The highest BCUT2D eigenvalue weighted by molar-refractivity contribution is 5.82. The summed E-state index contributed by atoms with van der Waals surface area (Å²) in [6.45, 7) is 20.0. The van der Waals surface area contributed by atoms with Crippen LogP contribution < -0.4 is 5.32 Å². The molecular weight excluding hydrogens is 340 g/mol. The lowest BCUT2D eigenvalue weighted by Gasteiger charge is -2.27. The van der Waals surface area contributed by atoms with Gasteiger partial charge in [-0.2, -0.15) is 0 Å². The first kappa shape index (κ1) is 23.7. The van der Waals surface area contributed by atoms with Gasteiger partial charge < -0.3 is 10.7 Å². The smallest absolute Gasteiger partial charge is 0.0331 e. The molecule has 2 N–H and O–H groups in total. The first-order chi connectivity index (χ1) is 13.2. The summed E-state index contributed by atoms with van der Waals surface area (Å²) in [5.74, 6) is 0. The van der Waals surface area contributed by atoms with Gasteiger partial charge >= 0.3 is 0 Å². The Bertz CT molecular complexity index is 789. The van der Waals surface area contributed by atoms with E-state index >= 15 is 0 Å². The van der Waals surface area contributed by atoms with Crippen molar-refractivity contribution in [1.82, 2.24) is 5.32 Å². The van der Waals surface area contributed by atoms with Crippen molar-refractivity contribution in [3.05, 3.63) is 76.5 Å². The van der Waals surface area contributed by atoms with Crippen molar-refractivity contribution >= 4 is 11.8 Å². The normalized spacial score (nSPS) is 13.5. The maximum Gasteiger partial charge on any atom is 0.0331 e. The van der Waals surface area contributed by atoms with Gasteiger partial charge in [-0.1, -0.05) is 70.7 Å². The van der Waals surface area contributed by atoms with Gasteiger partial charge in [0.2, 0.25) is 0 Å². The molecule has 1 rings (SSSR count). The maximum atomic E-state index is 7.58. The largest absolute Gasteiger partial charge is 0.384 e. The van der Waals surface area contributed by atoms with Gasteiger partial charge in [-0.05, 0) is 66.9 Å². The summed E-state index contributed by atoms with van der Waals surface area (Å²) in [7, 11) is 0. The molecule has 0 aliphatic rings. The third kappa shape index (κ3) is 6.09. The maximum absolute atomic E-state index is 7.58. The van der Waals surface area contributed by atoms with E-state index in [0.29, 0.717) is 0 Å². The zero-order valence-corrected chi connectivity index (χ0v) is 18.9. The Morgan fingerprint density at radius 3 is 2.43 bits per heavy atom. The Morgan fingerprint density at radius 2 is 1.89 bits per heavy atom. The molecule has 0 saturated heterocycles. The van der Waals surface area contributed by atoms with Crippen LogP contribution in [0.5, 0.6) is 0 Å². The van der Waals surface area contributed by atoms with Crippen LogP contribution in [-0.4, -0.2) is 12.8 Å². The third-order valence-corrected chi connectivity index (χ3v) is 5.57. The molecule has 0 aliphatic carbocycles. The summed E-state index contributed by atoms with van der Waals surface area (Å²) in [6, 6.07) is 6.65. The molecule has 1 aromatic rings. The molecule has 0 fully saturated rings. The molecule has 152 valence electrons. The Kier molecular flexibility index (Phi) is 9.18. The fraction of sp³-hybridized carbons (Fsp3) is 0.423. The molecule has 0 unspecified atom stereocenters. The number of allylic oxidation sites excluding steroid dienone is 6. The Labute approximate surface area is 172 Å². The predicted octanol–water partition coefficient (Wildman–Crippen LogP) is 7.12. The predicted molar refractivity (Wildman–Crippen MR) is 126 cm³/mol. The van der Waals surface area contributed by atoms with E-state index in [1.165, 1.54) is 28.5 Å². The van der Waals surface area contributed by atoms with E-state index in [9.17, 15) is 0 Å². The van der Waals surface area contributed by atoms with Gasteiger partial charge in [0.1, 0.15) is 0 Å². The van der Waals surface area contributed by atoms with E-state index in [0.717, 1.165) is 36.2 Å². The molecule has 0 heterocycles. The minimum absolute atomic E-state index is 0.193. The second-order valence-electron chi connectivity index (χ2n) is 8.04. The zero-order valence-electron chi connectivity index (χ0n) is 18.9. The van der Waals surface area contributed by atoms with Gasteiger partial charge in [0.05, 0.1) is 0 Å². The highest BCUT2D eigenvalue weighted by Crippen LogP contribution is 2.32. The SMILES string of the molecule is C=C(C)/C(C=N)=C(\CC)NC/C=C\C=C(/C)c1cccc(C(C)(C)CC)c1C. The average molecular weight is 379 g/mol. The minimum atomic E-state index is 0.193. The van der Waals surface area contributed by atoms with Crippen LogP contribution in [0.3, 0.4) is 0 Å². The number of benzene rings is 1. The van der Waals surface area contributed by atoms with E-state index in [2.05, 4.69) is 89.9 Å². The van der Waals surface area contributed by atoms with E-state index < -0.39 is 0 Å². The molecule has 1 aromatic carbocycles. The molecule has 2 nitrogen and oxygen atoms in total. The van der Waals surface area contributed by atoms with E-state index in [1.54, 1.807) is 0 Å². The van der Waals surface area contributed by atoms with Gasteiger partial charge in [0.25, 0.3) is 0 Å². The molecule has 0 bridgehead atoms. The summed E-state index contributed by atoms with van der Waals surface area (Å²) in [5.41, 5.74) is 8.48. The van der Waals surface area contributed by atoms with Gasteiger partial charge in [-0.15, -0.1) is 0 Å². The van der Waals surface area contributed by atoms with Crippen molar-refractivity contribution in [3.8, 4) is 0 Å². The first-order valence-corrected chi connectivity index (χ1v) is 10.3. The van der Waals surface area contributed by atoms with E-state index in [1.807, 2.05) is 6.92 Å². The fourth-order valence-electron chi connectivity index (χ4n) is 3.42. The van der Waals surface area contributed by atoms with Gasteiger partial charge in [-0.3, -0.25) is 0 Å². The lowest BCUT2D eigenvalue weighted by molar-refractivity contribution is 0.503. The summed E-state index contributed by atoms with van der Waals surface area (Å²) >= 11 is 0. The summed E-state index contributed by atoms with van der Waals surface area (Å²) in [4.78, 5) is 0. The molecule has 0 radical (unpaired) electrons. The Morgan fingerprint density at radius 1 is 1.21 bits per heavy atom.